The lowest BCUT2D eigenvalue weighted by atomic mass is 9.92. The molecule has 0 saturated heterocycles. The third kappa shape index (κ3) is 3.50. The first-order valence-corrected chi connectivity index (χ1v) is 8.91. The van der Waals surface area contributed by atoms with E-state index in [0.29, 0.717) is 22.4 Å². The summed E-state index contributed by atoms with van der Waals surface area (Å²) in [7, 11) is 0. The molecule has 3 aromatic rings. The van der Waals surface area contributed by atoms with E-state index < -0.39 is 4.92 Å². The summed E-state index contributed by atoms with van der Waals surface area (Å²) in [5, 5.41) is 20.8. The summed E-state index contributed by atoms with van der Waals surface area (Å²) in [5.74, 6) is 0.0635. The molecule has 1 heterocycles. The first-order valence-electron chi connectivity index (χ1n) is 7.74. The molecule has 0 atom stereocenters. The van der Waals surface area contributed by atoms with Crippen LogP contribution in [0.5, 0.6) is 0 Å². The molecule has 0 unspecified atom stereocenters. The molecule has 27 heavy (non-hydrogen) atoms. The van der Waals surface area contributed by atoms with E-state index in [0.717, 1.165) is 10.0 Å². The third-order valence-corrected chi connectivity index (χ3v) is 4.98. The van der Waals surface area contributed by atoms with Crippen LogP contribution in [0.1, 0.15) is 11.1 Å². The zero-order valence-corrected chi connectivity index (χ0v) is 16.4. The van der Waals surface area contributed by atoms with Gasteiger partial charge in [0.25, 0.3) is 5.69 Å². The summed E-state index contributed by atoms with van der Waals surface area (Å²) in [6, 6.07) is 14.0. The summed E-state index contributed by atoms with van der Waals surface area (Å²) < 4.78 is 0.916. The lowest BCUT2D eigenvalue weighted by Crippen LogP contribution is -2.03. The van der Waals surface area contributed by atoms with Gasteiger partial charge in [-0.1, -0.05) is 45.7 Å². The SMILES string of the molecule is Cc1c(-c2ccc(Br)cc2)nc(N)c(C#N)c1-c1ccc(Cl)c([N+](=O)[O-])c1. The van der Waals surface area contributed by atoms with E-state index >= 15 is 0 Å². The number of nitrogens with two attached hydrogens (primary N) is 1. The van der Waals surface area contributed by atoms with Gasteiger partial charge in [-0.05, 0) is 36.2 Å². The molecule has 8 heteroatoms. The summed E-state index contributed by atoms with van der Waals surface area (Å²) in [6.45, 7) is 1.81. The number of pyridine rings is 1. The van der Waals surface area contributed by atoms with E-state index in [4.69, 9.17) is 17.3 Å². The highest BCUT2D eigenvalue weighted by atomic mass is 79.9. The van der Waals surface area contributed by atoms with Gasteiger partial charge in [0.15, 0.2) is 0 Å². The van der Waals surface area contributed by atoms with Crippen LogP contribution in [0.2, 0.25) is 5.02 Å². The topological polar surface area (TPSA) is 106 Å². The molecule has 0 bridgehead atoms. The summed E-state index contributed by atoms with van der Waals surface area (Å²) in [6.07, 6.45) is 0. The standard InChI is InChI=1S/C19H12BrClN4O2/c1-10-17(12-4-7-15(21)16(8-12)25(26)27)14(9-22)19(23)24-18(10)11-2-5-13(20)6-3-11/h2-8H,1H3,(H2,23,24). The van der Waals surface area contributed by atoms with Gasteiger partial charge in [0.2, 0.25) is 0 Å². The van der Waals surface area contributed by atoms with Gasteiger partial charge in [0, 0.05) is 21.7 Å². The van der Waals surface area contributed by atoms with Crippen molar-refractivity contribution in [2.75, 3.05) is 5.73 Å². The van der Waals surface area contributed by atoms with Gasteiger partial charge in [-0.25, -0.2) is 4.98 Å². The Balaban J connectivity index is 2.32. The van der Waals surface area contributed by atoms with E-state index in [-0.39, 0.29) is 22.1 Å². The van der Waals surface area contributed by atoms with Crippen molar-refractivity contribution in [2.24, 2.45) is 0 Å². The minimum atomic E-state index is -0.562. The Hall–Kier alpha value is -2.95. The van der Waals surface area contributed by atoms with Gasteiger partial charge in [0.05, 0.1) is 10.6 Å². The summed E-state index contributed by atoms with van der Waals surface area (Å²) >= 11 is 9.31. The smallest absolute Gasteiger partial charge is 0.288 e. The number of hydrogen-bond donors (Lipinski definition) is 1. The van der Waals surface area contributed by atoms with Gasteiger partial charge in [-0.15, -0.1) is 0 Å². The number of benzene rings is 2. The lowest BCUT2D eigenvalue weighted by molar-refractivity contribution is -0.384. The molecule has 0 aliphatic rings. The molecule has 0 aliphatic heterocycles. The Morgan fingerprint density at radius 1 is 1.22 bits per heavy atom. The van der Waals surface area contributed by atoms with Crippen LogP contribution >= 0.6 is 27.5 Å². The van der Waals surface area contributed by atoms with Crippen LogP contribution < -0.4 is 5.73 Å². The van der Waals surface area contributed by atoms with E-state index in [1.807, 2.05) is 24.3 Å². The molecule has 2 N–H and O–H groups in total. The maximum Gasteiger partial charge on any atom is 0.288 e. The van der Waals surface area contributed by atoms with Gasteiger partial charge in [-0.3, -0.25) is 10.1 Å². The van der Waals surface area contributed by atoms with Crippen LogP contribution in [-0.4, -0.2) is 9.91 Å². The molecule has 2 aromatic carbocycles. The van der Waals surface area contributed by atoms with Crippen molar-refractivity contribution >= 4 is 39.0 Å². The molecule has 0 saturated carbocycles. The number of nitrogen functional groups attached to an aromatic ring is 1. The summed E-state index contributed by atoms with van der Waals surface area (Å²) in [4.78, 5) is 15.1. The molecule has 0 aliphatic carbocycles. The fraction of sp³-hybridized carbons (Fsp3) is 0.0526. The molecule has 134 valence electrons. The number of nitriles is 1. The fourth-order valence-electron chi connectivity index (χ4n) is 2.87. The average molecular weight is 444 g/mol. The van der Waals surface area contributed by atoms with Gasteiger partial charge in [-0.2, -0.15) is 5.26 Å². The minimum absolute atomic E-state index is 0.0232. The lowest BCUT2D eigenvalue weighted by Gasteiger charge is -2.15. The number of nitrogens with zero attached hydrogens (tertiary/aromatic N) is 3. The van der Waals surface area contributed by atoms with E-state index in [1.165, 1.54) is 12.1 Å². The second kappa shape index (κ2) is 7.35. The second-order valence-corrected chi connectivity index (χ2v) is 7.09. The maximum absolute atomic E-state index is 11.2. The Morgan fingerprint density at radius 3 is 2.44 bits per heavy atom. The maximum atomic E-state index is 11.2. The Labute approximate surface area is 168 Å². The predicted octanol–water partition coefficient (Wildman–Crippen LogP) is 5.50. The predicted molar refractivity (Wildman–Crippen MR) is 108 cm³/mol. The quantitative estimate of drug-likeness (QED) is 0.425. The summed E-state index contributed by atoms with van der Waals surface area (Å²) in [5.41, 5.74) is 9.06. The number of nitro benzene ring substituents is 1. The molecule has 1 aromatic heterocycles. The number of halogens is 2. The van der Waals surface area contributed by atoms with Gasteiger partial charge >= 0.3 is 0 Å². The molecular formula is C19H12BrClN4O2. The van der Waals surface area contributed by atoms with E-state index in [1.54, 1.807) is 13.0 Å². The minimum Gasteiger partial charge on any atom is -0.383 e. The number of nitro groups is 1. The first-order chi connectivity index (χ1) is 12.8. The average Bonchev–Trinajstić information content (AvgIpc) is 2.64. The molecule has 6 nitrogen and oxygen atoms in total. The first kappa shape index (κ1) is 18.8. The van der Waals surface area contributed by atoms with Crippen molar-refractivity contribution in [3.63, 3.8) is 0 Å². The molecule has 0 fully saturated rings. The highest BCUT2D eigenvalue weighted by Gasteiger charge is 2.21. The highest BCUT2D eigenvalue weighted by Crippen LogP contribution is 2.38. The van der Waals surface area contributed by atoms with E-state index in [9.17, 15) is 15.4 Å². The monoisotopic (exact) mass is 442 g/mol. The van der Waals surface area contributed by atoms with Crippen molar-refractivity contribution in [3.05, 3.63) is 73.2 Å². The highest BCUT2D eigenvalue weighted by molar-refractivity contribution is 9.10. The molecule has 0 radical (unpaired) electrons. The van der Waals surface area contributed by atoms with Crippen molar-refractivity contribution in [1.82, 2.24) is 4.98 Å². The molecular weight excluding hydrogens is 432 g/mol. The number of anilines is 1. The number of aromatic nitrogens is 1. The molecule has 0 spiro atoms. The Kier molecular flexibility index (Phi) is 5.13. The normalized spacial score (nSPS) is 10.4. The second-order valence-electron chi connectivity index (χ2n) is 5.76. The largest absolute Gasteiger partial charge is 0.383 e. The van der Waals surface area contributed by atoms with E-state index in [2.05, 4.69) is 27.0 Å². The number of rotatable bonds is 3. The van der Waals surface area contributed by atoms with Gasteiger partial charge < -0.3 is 5.73 Å². The van der Waals surface area contributed by atoms with Crippen LogP contribution in [-0.2, 0) is 0 Å². The fourth-order valence-corrected chi connectivity index (χ4v) is 3.32. The van der Waals surface area contributed by atoms with Crippen LogP contribution in [0.15, 0.2) is 46.9 Å². The van der Waals surface area contributed by atoms with Crippen molar-refractivity contribution < 1.29 is 4.92 Å². The van der Waals surface area contributed by atoms with Crippen LogP contribution in [0.3, 0.4) is 0 Å². The Bertz CT molecular complexity index is 1110. The molecule has 0 amide bonds. The van der Waals surface area contributed by atoms with Gasteiger partial charge in [0.1, 0.15) is 22.5 Å². The zero-order valence-electron chi connectivity index (χ0n) is 14.0. The van der Waals surface area contributed by atoms with Crippen molar-refractivity contribution in [1.29, 1.82) is 5.26 Å². The molecule has 3 rings (SSSR count). The van der Waals surface area contributed by atoms with Crippen molar-refractivity contribution in [2.45, 2.75) is 6.92 Å². The van der Waals surface area contributed by atoms with Crippen LogP contribution in [0.25, 0.3) is 22.4 Å². The third-order valence-electron chi connectivity index (χ3n) is 4.13. The Morgan fingerprint density at radius 2 is 1.85 bits per heavy atom. The van der Waals surface area contributed by atoms with Crippen LogP contribution in [0, 0.1) is 28.4 Å². The van der Waals surface area contributed by atoms with Crippen molar-refractivity contribution in [3.8, 4) is 28.5 Å². The van der Waals surface area contributed by atoms with Crippen LogP contribution in [0.4, 0.5) is 11.5 Å². The number of hydrogen-bond acceptors (Lipinski definition) is 5. The zero-order chi connectivity index (χ0) is 19.7.